The summed E-state index contributed by atoms with van der Waals surface area (Å²) in [5.41, 5.74) is 12.4. The van der Waals surface area contributed by atoms with Crippen LogP contribution in [0.2, 0.25) is 0 Å². The maximum atomic E-state index is 13.2. The van der Waals surface area contributed by atoms with Gasteiger partial charge in [-0.15, -0.1) is 0 Å². The Labute approximate surface area is 236 Å². The summed E-state index contributed by atoms with van der Waals surface area (Å²) in [6.45, 7) is 3.89. The number of aromatic nitrogens is 1. The number of aliphatic imine (C=N–C) groups is 1. The Morgan fingerprint density at radius 1 is 1.39 bits per heavy atom. The number of rotatable bonds is 11. The predicted octanol–water partition coefficient (Wildman–Crippen LogP) is 2.95. The molecule has 11 heteroatoms. The van der Waals surface area contributed by atoms with Crippen LogP contribution in [0.4, 0.5) is 5.69 Å². The van der Waals surface area contributed by atoms with Gasteiger partial charge in [0.15, 0.2) is 28.8 Å². The zero-order valence-electron chi connectivity index (χ0n) is 21.8. The molecule has 204 valence electrons. The van der Waals surface area contributed by atoms with Crippen molar-refractivity contribution in [1.29, 1.82) is 0 Å². The molecular weight excluding hydrogens is 601 g/mol. The molecule has 6 N–H and O–H groups in total. The van der Waals surface area contributed by atoms with Crippen molar-refractivity contribution in [2.75, 3.05) is 25.9 Å². The maximum Gasteiger partial charge on any atom is 0.251 e. The van der Waals surface area contributed by atoms with Crippen LogP contribution in [0.1, 0.15) is 72.4 Å². The van der Waals surface area contributed by atoms with E-state index in [0.29, 0.717) is 51.7 Å². The van der Waals surface area contributed by atoms with Gasteiger partial charge >= 0.3 is 0 Å². The third kappa shape index (κ3) is 5.18. The number of unbranched alkanes of at least 4 members (excludes halogenated alkanes) is 1. The van der Waals surface area contributed by atoms with E-state index >= 15 is 0 Å². The highest BCUT2D eigenvalue weighted by atomic mass is 127. The van der Waals surface area contributed by atoms with Gasteiger partial charge in [-0.3, -0.25) is 19.6 Å². The van der Waals surface area contributed by atoms with Crippen molar-refractivity contribution >= 4 is 46.7 Å². The number of nitrogens with one attached hydrogen (secondary N) is 1. The summed E-state index contributed by atoms with van der Waals surface area (Å²) in [6, 6.07) is 4.90. The van der Waals surface area contributed by atoms with Crippen molar-refractivity contribution in [2.24, 2.45) is 16.6 Å². The predicted molar refractivity (Wildman–Crippen MR) is 153 cm³/mol. The molecule has 2 atom stereocenters. The van der Waals surface area contributed by atoms with Crippen molar-refractivity contribution in [2.45, 2.75) is 57.0 Å². The molecule has 38 heavy (non-hydrogen) atoms. The Morgan fingerprint density at radius 2 is 2.13 bits per heavy atom. The molecule has 0 bridgehead atoms. The number of ether oxygens (including phenoxy) is 1. The highest BCUT2D eigenvalue weighted by Gasteiger charge is 2.49. The number of benzene rings is 1. The van der Waals surface area contributed by atoms with Gasteiger partial charge in [-0.1, -0.05) is 13.3 Å². The minimum absolute atomic E-state index is 0.0638. The molecule has 1 aliphatic carbocycles. The number of fused-ring (bicyclic) bond motifs is 1. The largest absolute Gasteiger partial charge is 0.490 e. The molecule has 0 unspecified atom stereocenters. The zero-order valence-corrected chi connectivity index (χ0v) is 24.0. The highest BCUT2D eigenvalue weighted by Crippen LogP contribution is 2.48. The zero-order chi connectivity index (χ0) is 27.7. The van der Waals surface area contributed by atoms with Crippen LogP contribution in [-0.2, 0) is 22.2 Å². The third-order valence-electron chi connectivity index (χ3n) is 7.46. The van der Waals surface area contributed by atoms with Crippen molar-refractivity contribution in [1.82, 2.24) is 10.3 Å². The summed E-state index contributed by atoms with van der Waals surface area (Å²) < 4.78 is 11.2. The molecule has 0 saturated heterocycles. The van der Waals surface area contributed by atoms with Crippen LogP contribution >= 0.6 is 23.0 Å². The van der Waals surface area contributed by atoms with Gasteiger partial charge in [0.2, 0.25) is 5.91 Å². The summed E-state index contributed by atoms with van der Waals surface area (Å²) in [6.07, 6.45) is 5.61. The molecule has 2 aromatic rings. The van der Waals surface area contributed by atoms with Crippen LogP contribution in [0.15, 0.2) is 23.2 Å². The molecule has 2 amide bonds. The first-order chi connectivity index (χ1) is 18.1. The molecule has 0 spiro atoms. The van der Waals surface area contributed by atoms with Gasteiger partial charge in [-0.25, -0.2) is 0 Å². The van der Waals surface area contributed by atoms with Crippen molar-refractivity contribution in [3.63, 3.8) is 0 Å². The lowest BCUT2D eigenvalue weighted by Gasteiger charge is -2.30. The minimum atomic E-state index is -1.43. The quantitative estimate of drug-likeness (QED) is 0.168. The number of primary amides is 1. The number of carbonyl (C=O) groups is 2. The number of anilines is 1. The van der Waals surface area contributed by atoms with Gasteiger partial charge in [-0.05, 0) is 56.7 Å². The van der Waals surface area contributed by atoms with Gasteiger partial charge in [0.1, 0.15) is 23.4 Å². The van der Waals surface area contributed by atoms with E-state index in [1.807, 2.05) is 0 Å². The van der Waals surface area contributed by atoms with Gasteiger partial charge in [0.05, 0.1) is 23.6 Å². The normalized spacial score (nSPS) is 20.0. The molecule has 1 aromatic carbocycles. The van der Waals surface area contributed by atoms with Crippen LogP contribution < -0.4 is 24.6 Å². The van der Waals surface area contributed by atoms with Gasteiger partial charge in [-0.2, -0.15) is 0 Å². The third-order valence-corrected chi connectivity index (χ3v) is 7.93. The molecule has 1 aromatic heterocycles. The number of hydrogen-bond acceptors (Lipinski definition) is 8. The number of nitrogens with two attached hydrogens (primary N) is 2. The van der Waals surface area contributed by atoms with E-state index in [4.69, 9.17) is 24.3 Å². The smallest absolute Gasteiger partial charge is 0.251 e. The SMILES string of the molecule is CCCCc1nc([C@@](O)(CNC(=O)c2cc(C=NC)c(N)c(OI)c2)C2CC2)cc2c1OC[C@]2(C)C(N)=O. The molecule has 4 rings (SSSR count). The van der Waals surface area contributed by atoms with E-state index in [9.17, 15) is 14.7 Å². The molecule has 2 aliphatic rings. The second-order valence-electron chi connectivity index (χ2n) is 10.2. The summed E-state index contributed by atoms with van der Waals surface area (Å²) in [4.78, 5) is 34.5. The van der Waals surface area contributed by atoms with E-state index in [1.54, 1.807) is 61.4 Å². The summed E-state index contributed by atoms with van der Waals surface area (Å²) in [7, 11) is 1.61. The number of amides is 2. The van der Waals surface area contributed by atoms with E-state index in [-0.39, 0.29) is 19.1 Å². The lowest BCUT2D eigenvalue weighted by atomic mass is 9.81. The Bertz CT molecular complexity index is 1280. The molecular formula is C27H34IN5O5. The fraction of sp³-hybridized carbons (Fsp3) is 0.481. The van der Waals surface area contributed by atoms with E-state index in [0.717, 1.165) is 25.7 Å². The lowest BCUT2D eigenvalue weighted by Crippen LogP contribution is -2.44. The Balaban J connectivity index is 1.69. The van der Waals surface area contributed by atoms with Crippen LogP contribution in [0.5, 0.6) is 11.5 Å². The maximum absolute atomic E-state index is 13.2. The second-order valence-corrected chi connectivity index (χ2v) is 10.7. The molecule has 2 heterocycles. The number of aliphatic hydroxyl groups is 1. The monoisotopic (exact) mass is 635 g/mol. The van der Waals surface area contributed by atoms with Crippen LogP contribution in [-0.4, -0.2) is 48.3 Å². The number of hydrogen-bond donors (Lipinski definition) is 4. The first-order valence-electron chi connectivity index (χ1n) is 12.7. The molecule has 1 fully saturated rings. The Morgan fingerprint density at radius 3 is 2.74 bits per heavy atom. The minimum Gasteiger partial charge on any atom is -0.490 e. The Kier molecular flexibility index (Phi) is 8.17. The standard InChI is InChI=1S/C27H34IN5O5/c1-4-5-6-19-23-18(26(2,14-37-23)25(30)35)11-21(33-19)27(36,17-7-8-17)13-32-24(34)15-9-16(12-31-3)22(29)20(10-15)38-28/h9-12,17,36H,4-8,13-14,29H2,1-3H3,(H2,30,35)(H,32,34)/t26-,27+/m0/s1. The summed E-state index contributed by atoms with van der Waals surface area (Å²) in [5, 5.41) is 14.9. The van der Waals surface area contributed by atoms with E-state index in [1.165, 1.54) is 0 Å². The van der Waals surface area contributed by atoms with Gasteiger partial charge in [0.25, 0.3) is 5.91 Å². The van der Waals surface area contributed by atoms with Gasteiger partial charge in [0, 0.05) is 30.0 Å². The fourth-order valence-electron chi connectivity index (χ4n) is 4.80. The average molecular weight is 636 g/mol. The summed E-state index contributed by atoms with van der Waals surface area (Å²) in [5.74, 6) is -0.0680. The average Bonchev–Trinajstić information content (AvgIpc) is 3.70. The molecule has 10 nitrogen and oxygen atoms in total. The summed E-state index contributed by atoms with van der Waals surface area (Å²) >= 11 is 1.71. The number of pyridine rings is 1. The van der Waals surface area contributed by atoms with Crippen LogP contribution in [0.25, 0.3) is 0 Å². The van der Waals surface area contributed by atoms with Crippen molar-refractivity contribution < 1.29 is 22.5 Å². The number of nitrogens with zero attached hydrogens (tertiary/aromatic N) is 2. The number of aryl methyl sites for hydroxylation is 1. The first-order valence-corrected chi connectivity index (χ1v) is 13.6. The van der Waals surface area contributed by atoms with Crippen LogP contribution in [0.3, 0.4) is 0 Å². The molecule has 1 saturated carbocycles. The Hall–Kier alpha value is -2.93. The van der Waals surface area contributed by atoms with E-state index in [2.05, 4.69) is 17.2 Å². The number of halogens is 1. The highest BCUT2D eigenvalue weighted by molar-refractivity contribution is 14.1. The molecule has 0 radical (unpaired) electrons. The second kappa shape index (κ2) is 11.0. The molecule has 1 aliphatic heterocycles. The lowest BCUT2D eigenvalue weighted by molar-refractivity contribution is -0.123. The number of carbonyl (C=O) groups excluding carboxylic acids is 2. The van der Waals surface area contributed by atoms with Gasteiger partial charge < -0.3 is 29.7 Å². The van der Waals surface area contributed by atoms with Crippen LogP contribution in [0, 0.1) is 5.92 Å². The topological polar surface area (TPSA) is 162 Å². The first kappa shape index (κ1) is 28.1. The van der Waals surface area contributed by atoms with E-state index < -0.39 is 22.8 Å². The number of nitrogen functional groups attached to an aromatic ring is 1. The van der Waals surface area contributed by atoms with Crippen molar-refractivity contribution in [3.05, 3.63) is 46.3 Å². The van der Waals surface area contributed by atoms with Crippen molar-refractivity contribution in [3.8, 4) is 11.5 Å². The fourth-order valence-corrected chi connectivity index (χ4v) is 5.17.